The molecule has 1 heterocycles. The Bertz CT molecular complexity index is 1130. The van der Waals surface area contributed by atoms with E-state index in [1.165, 1.54) is 18.8 Å². The van der Waals surface area contributed by atoms with Crippen molar-refractivity contribution in [2.75, 3.05) is 7.05 Å². The fourth-order valence-electron chi connectivity index (χ4n) is 3.11. The average Bonchev–Trinajstić information content (AvgIpc) is 3.57. The maximum atomic E-state index is 13.1. The quantitative estimate of drug-likeness (QED) is 0.500. The second kappa shape index (κ2) is 8.08. The molecule has 1 fully saturated rings. The number of nitrogens with zero attached hydrogens (tertiary/aromatic N) is 2. The zero-order chi connectivity index (χ0) is 20.4. The van der Waals surface area contributed by atoms with E-state index in [4.69, 9.17) is 0 Å². The fraction of sp³-hybridized carbons (Fsp3) is 0.238. The van der Waals surface area contributed by atoms with Crippen LogP contribution in [0.5, 0.6) is 0 Å². The first-order valence-corrected chi connectivity index (χ1v) is 10.2. The van der Waals surface area contributed by atoms with Gasteiger partial charge in [-0.2, -0.15) is 0 Å². The minimum absolute atomic E-state index is 0.0977. The number of fused-ring (bicyclic) bond motifs is 1. The summed E-state index contributed by atoms with van der Waals surface area (Å²) in [4.78, 5) is 42.3. The summed E-state index contributed by atoms with van der Waals surface area (Å²) >= 11 is 1.19. The normalized spacial score (nSPS) is 14.4. The predicted octanol–water partition coefficient (Wildman–Crippen LogP) is 3.02. The highest BCUT2D eigenvalue weighted by atomic mass is 32.2. The van der Waals surface area contributed by atoms with Crippen molar-refractivity contribution < 1.29 is 9.59 Å². The molecule has 1 saturated carbocycles. The molecule has 3 amide bonds. The van der Waals surface area contributed by atoms with Gasteiger partial charge in [0, 0.05) is 13.1 Å². The molecule has 2 aromatic carbocycles. The minimum Gasteiger partial charge on any atom is -0.341 e. The topological polar surface area (TPSA) is 93.1 Å². The molecule has 1 aromatic heterocycles. The monoisotopic (exact) mass is 408 g/mol. The number of rotatable bonds is 5. The lowest BCUT2D eigenvalue weighted by molar-refractivity contribution is -0.119. The fourth-order valence-corrected chi connectivity index (χ4v) is 4.28. The van der Waals surface area contributed by atoms with Crippen LogP contribution >= 0.6 is 11.8 Å². The molecular weight excluding hydrogens is 388 g/mol. The van der Waals surface area contributed by atoms with E-state index in [0.717, 1.165) is 18.4 Å². The van der Waals surface area contributed by atoms with Crippen LogP contribution in [0.4, 0.5) is 4.79 Å². The van der Waals surface area contributed by atoms with Crippen LogP contribution in [0.2, 0.25) is 0 Å². The minimum atomic E-state index is -0.730. The smallest absolute Gasteiger partial charge is 0.321 e. The van der Waals surface area contributed by atoms with E-state index in [1.807, 2.05) is 42.5 Å². The van der Waals surface area contributed by atoms with E-state index < -0.39 is 17.2 Å². The predicted molar refractivity (Wildman–Crippen MR) is 112 cm³/mol. The molecule has 3 aromatic rings. The number of aromatic nitrogens is 2. The van der Waals surface area contributed by atoms with Crippen molar-refractivity contribution in [3.8, 4) is 0 Å². The number of carbonyl (C=O) groups is 2. The van der Waals surface area contributed by atoms with Gasteiger partial charge in [-0.1, -0.05) is 54.2 Å². The van der Waals surface area contributed by atoms with Gasteiger partial charge in [0.25, 0.3) is 5.56 Å². The molecule has 2 N–H and O–H groups in total. The molecule has 0 unspecified atom stereocenters. The Balaban J connectivity index is 1.78. The zero-order valence-electron chi connectivity index (χ0n) is 15.8. The summed E-state index contributed by atoms with van der Waals surface area (Å²) in [6.07, 6.45) is 1.82. The van der Waals surface area contributed by atoms with Crippen LogP contribution in [0.3, 0.4) is 0 Å². The van der Waals surface area contributed by atoms with Gasteiger partial charge >= 0.3 is 6.03 Å². The van der Waals surface area contributed by atoms with Gasteiger partial charge in [-0.3, -0.25) is 19.5 Å². The highest BCUT2D eigenvalue weighted by molar-refractivity contribution is 8.00. The Hall–Kier alpha value is -3.13. The number of nitrogens with one attached hydrogen (secondary N) is 2. The molecule has 1 aliphatic rings. The molecule has 4 rings (SSSR count). The number of amides is 3. The van der Waals surface area contributed by atoms with E-state index in [-0.39, 0.29) is 11.6 Å². The molecule has 148 valence electrons. The first kappa shape index (κ1) is 19.2. The summed E-state index contributed by atoms with van der Waals surface area (Å²) in [6, 6.07) is 15.9. The summed E-state index contributed by atoms with van der Waals surface area (Å²) < 4.78 is 1.69. The van der Waals surface area contributed by atoms with E-state index in [1.54, 1.807) is 16.7 Å². The Kier molecular flexibility index (Phi) is 5.35. The molecule has 1 atom stereocenters. The largest absolute Gasteiger partial charge is 0.341 e. The number of para-hydroxylation sites is 1. The molecule has 8 heteroatoms. The summed E-state index contributed by atoms with van der Waals surface area (Å²) in [5.74, 6) is -0.467. The summed E-state index contributed by atoms with van der Waals surface area (Å²) in [5, 5.41) is 5.05. The number of carbonyl (C=O) groups excluding carboxylic acids is 2. The Morgan fingerprint density at radius 1 is 1.10 bits per heavy atom. The number of benzene rings is 2. The average molecular weight is 408 g/mol. The molecule has 0 aliphatic heterocycles. The van der Waals surface area contributed by atoms with E-state index >= 15 is 0 Å². The molecule has 0 radical (unpaired) electrons. The highest BCUT2D eigenvalue weighted by Crippen LogP contribution is 2.40. The second-order valence-electron chi connectivity index (χ2n) is 6.79. The molecule has 0 bridgehead atoms. The van der Waals surface area contributed by atoms with Crippen molar-refractivity contribution in [2.45, 2.75) is 29.3 Å². The van der Waals surface area contributed by atoms with Crippen LogP contribution in [0, 0.1) is 0 Å². The molecular formula is C21H20N4O3S. The number of imide groups is 1. The van der Waals surface area contributed by atoms with Crippen molar-refractivity contribution >= 4 is 34.6 Å². The van der Waals surface area contributed by atoms with Gasteiger partial charge in [-0.05, 0) is 30.5 Å². The van der Waals surface area contributed by atoms with Crippen LogP contribution in [-0.2, 0) is 4.79 Å². The van der Waals surface area contributed by atoms with Crippen LogP contribution in [0.15, 0.2) is 64.5 Å². The lowest BCUT2D eigenvalue weighted by Crippen LogP contribution is -2.39. The Morgan fingerprint density at radius 2 is 1.79 bits per heavy atom. The molecule has 29 heavy (non-hydrogen) atoms. The Labute approximate surface area is 171 Å². The third kappa shape index (κ3) is 4.02. The van der Waals surface area contributed by atoms with Crippen LogP contribution in [0.1, 0.15) is 29.7 Å². The lowest BCUT2D eigenvalue weighted by Gasteiger charge is -2.19. The summed E-state index contributed by atoms with van der Waals surface area (Å²) in [7, 11) is 1.45. The van der Waals surface area contributed by atoms with E-state index in [9.17, 15) is 14.4 Å². The molecule has 0 spiro atoms. The standard InChI is InChI=1S/C21H20N4O3S/c1-22-20(28)24-18(26)17(13-7-3-2-4-8-13)29-21-23-16-10-6-5-9-15(16)19(27)25(21)14-11-12-14/h2-10,14,17H,11-12H2,1H3,(H2,22,24,26,28)/t17-/m0/s1. The SMILES string of the molecule is CNC(=O)NC(=O)[C@@H](Sc1nc2ccccc2c(=O)n1C1CC1)c1ccccc1. The second-order valence-corrected chi connectivity index (χ2v) is 7.87. The van der Waals surface area contributed by atoms with Gasteiger partial charge in [0.1, 0.15) is 5.25 Å². The molecule has 1 aliphatic carbocycles. The van der Waals surface area contributed by atoms with E-state index in [2.05, 4.69) is 15.6 Å². The molecule has 7 nitrogen and oxygen atoms in total. The van der Waals surface area contributed by atoms with Crippen molar-refractivity contribution in [2.24, 2.45) is 0 Å². The number of hydrogen-bond donors (Lipinski definition) is 2. The van der Waals surface area contributed by atoms with Gasteiger partial charge in [-0.25, -0.2) is 9.78 Å². The maximum Gasteiger partial charge on any atom is 0.321 e. The van der Waals surface area contributed by atoms with Gasteiger partial charge in [0.15, 0.2) is 5.16 Å². The lowest BCUT2D eigenvalue weighted by atomic mass is 10.1. The first-order chi connectivity index (χ1) is 14.1. The third-order valence-corrected chi connectivity index (χ3v) is 5.94. The van der Waals surface area contributed by atoms with Crippen molar-refractivity contribution in [3.63, 3.8) is 0 Å². The van der Waals surface area contributed by atoms with E-state index in [0.29, 0.717) is 16.1 Å². The summed E-state index contributed by atoms with van der Waals surface area (Å²) in [5.41, 5.74) is 1.22. The van der Waals surface area contributed by atoms with Crippen LogP contribution in [-0.4, -0.2) is 28.5 Å². The highest BCUT2D eigenvalue weighted by Gasteiger charge is 2.32. The number of thioether (sulfide) groups is 1. The zero-order valence-corrected chi connectivity index (χ0v) is 16.6. The first-order valence-electron chi connectivity index (χ1n) is 9.34. The van der Waals surface area contributed by atoms with Gasteiger partial charge in [0.2, 0.25) is 5.91 Å². The van der Waals surface area contributed by atoms with Gasteiger partial charge < -0.3 is 5.32 Å². The summed E-state index contributed by atoms with van der Waals surface area (Å²) in [6.45, 7) is 0. The van der Waals surface area contributed by atoms with Gasteiger partial charge in [0.05, 0.1) is 10.9 Å². The maximum absolute atomic E-state index is 13.1. The number of hydrogen-bond acceptors (Lipinski definition) is 5. The van der Waals surface area contributed by atoms with Crippen molar-refractivity contribution in [1.82, 2.24) is 20.2 Å². The van der Waals surface area contributed by atoms with Crippen LogP contribution < -0.4 is 16.2 Å². The van der Waals surface area contributed by atoms with Gasteiger partial charge in [-0.15, -0.1) is 0 Å². The van der Waals surface area contributed by atoms with Crippen molar-refractivity contribution in [1.29, 1.82) is 0 Å². The van der Waals surface area contributed by atoms with Crippen molar-refractivity contribution in [3.05, 3.63) is 70.5 Å². The number of urea groups is 1. The third-order valence-electron chi connectivity index (χ3n) is 4.71. The Morgan fingerprint density at radius 3 is 2.48 bits per heavy atom. The molecule has 0 saturated heterocycles. The van der Waals surface area contributed by atoms with Crippen LogP contribution in [0.25, 0.3) is 10.9 Å².